The summed E-state index contributed by atoms with van der Waals surface area (Å²) in [7, 11) is 3.27. The zero-order valence-electron chi connectivity index (χ0n) is 15.0. The Morgan fingerprint density at radius 2 is 1.88 bits per heavy atom. The molecule has 0 saturated carbocycles. The standard InChI is InChI=1S/C17H24N4O3S/c1-19(2)11-7-10-17(22)13-8-5-6-9-15(13)21(4)25(23,24)16-14(17)12-20(3)18-16/h5-6,8-9,12,22H,7,10-11H2,1-4H3. The number of sulfonamides is 1. The molecule has 1 N–H and O–H groups in total. The number of anilines is 1. The van der Waals surface area contributed by atoms with Gasteiger partial charge in [0.1, 0.15) is 5.60 Å². The molecule has 1 aliphatic rings. The summed E-state index contributed by atoms with van der Waals surface area (Å²) in [5.74, 6) is 0. The van der Waals surface area contributed by atoms with Crippen LogP contribution in [-0.2, 0) is 22.7 Å². The average molecular weight is 364 g/mol. The summed E-state index contributed by atoms with van der Waals surface area (Å²) in [4.78, 5) is 2.04. The van der Waals surface area contributed by atoms with E-state index in [9.17, 15) is 13.5 Å². The van der Waals surface area contributed by atoms with Gasteiger partial charge in [0.05, 0.1) is 5.69 Å². The molecule has 1 atom stereocenters. The molecule has 1 aromatic heterocycles. The van der Waals surface area contributed by atoms with E-state index in [0.717, 1.165) is 13.0 Å². The fourth-order valence-corrected chi connectivity index (χ4v) is 4.77. The van der Waals surface area contributed by atoms with Crippen molar-refractivity contribution in [1.29, 1.82) is 0 Å². The fraction of sp³-hybridized carbons (Fsp3) is 0.471. The second kappa shape index (κ2) is 6.12. The number of para-hydroxylation sites is 1. The Morgan fingerprint density at radius 1 is 1.20 bits per heavy atom. The third-order valence-corrected chi connectivity index (χ3v) is 6.39. The number of fused-ring (bicyclic) bond motifs is 2. The van der Waals surface area contributed by atoms with Gasteiger partial charge >= 0.3 is 0 Å². The van der Waals surface area contributed by atoms with Gasteiger partial charge in [0.15, 0.2) is 0 Å². The number of aryl methyl sites for hydroxylation is 1. The topological polar surface area (TPSA) is 78.7 Å². The van der Waals surface area contributed by atoms with Crippen LogP contribution in [0.5, 0.6) is 0 Å². The summed E-state index contributed by atoms with van der Waals surface area (Å²) in [6.45, 7) is 0.794. The van der Waals surface area contributed by atoms with Gasteiger partial charge in [-0.2, -0.15) is 13.5 Å². The van der Waals surface area contributed by atoms with Gasteiger partial charge < -0.3 is 10.0 Å². The highest BCUT2D eigenvalue weighted by molar-refractivity contribution is 7.92. The summed E-state index contributed by atoms with van der Waals surface area (Å²) >= 11 is 0. The van der Waals surface area contributed by atoms with E-state index in [0.29, 0.717) is 23.2 Å². The van der Waals surface area contributed by atoms with Gasteiger partial charge in [0, 0.05) is 31.4 Å². The lowest BCUT2D eigenvalue weighted by molar-refractivity contribution is 0.0646. The van der Waals surface area contributed by atoms with Gasteiger partial charge in [-0.25, -0.2) is 0 Å². The Labute approximate surface area is 148 Å². The van der Waals surface area contributed by atoms with Crippen molar-refractivity contribution in [1.82, 2.24) is 14.7 Å². The van der Waals surface area contributed by atoms with E-state index in [2.05, 4.69) is 5.10 Å². The monoisotopic (exact) mass is 364 g/mol. The third-order valence-electron chi connectivity index (χ3n) is 4.68. The summed E-state index contributed by atoms with van der Waals surface area (Å²) < 4.78 is 28.7. The number of nitrogens with zero attached hydrogens (tertiary/aromatic N) is 4. The average Bonchev–Trinajstić information content (AvgIpc) is 2.95. The van der Waals surface area contributed by atoms with Crippen LogP contribution in [0.3, 0.4) is 0 Å². The molecule has 0 spiro atoms. The minimum atomic E-state index is -3.83. The Balaban J connectivity index is 2.25. The molecule has 8 heteroatoms. The molecule has 136 valence electrons. The number of aliphatic hydroxyl groups is 1. The Morgan fingerprint density at radius 3 is 2.56 bits per heavy atom. The van der Waals surface area contributed by atoms with Crippen LogP contribution in [0.1, 0.15) is 24.0 Å². The van der Waals surface area contributed by atoms with Crippen LogP contribution >= 0.6 is 0 Å². The number of aromatic nitrogens is 2. The van der Waals surface area contributed by atoms with Crippen molar-refractivity contribution in [2.45, 2.75) is 23.5 Å². The third kappa shape index (κ3) is 2.84. The van der Waals surface area contributed by atoms with Crippen molar-refractivity contribution < 1.29 is 13.5 Å². The highest BCUT2D eigenvalue weighted by Crippen LogP contribution is 2.45. The zero-order valence-corrected chi connectivity index (χ0v) is 15.8. The van der Waals surface area contributed by atoms with E-state index >= 15 is 0 Å². The van der Waals surface area contributed by atoms with Crippen molar-refractivity contribution in [2.75, 3.05) is 32.0 Å². The molecule has 0 bridgehead atoms. The van der Waals surface area contributed by atoms with Crippen LogP contribution in [0.2, 0.25) is 0 Å². The molecule has 0 radical (unpaired) electrons. The first kappa shape index (κ1) is 17.9. The quantitative estimate of drug-likeness (QED) is 0.880. The Kier molecular flexibility index (Phi) is 4.38. The molecule has 2 heterocycles. The maximum absolute atomic E-state index is 13.0. The summed E-state index contributed by atoms with van der Waals surface area (Å²) in [6.07, 6.45) is 2.73. The predicted octanol–water partition coefficient (Wildman–Crippen LogP) is 1.14. The molecule has 1 aromatic carbocycles. The van der Waals surface area contributed by atoms with Gasteiger partial charge in [-0.05, 0) is 39.5 Å². The van der Waals surface area contributed by atoms with Crippen molar-refractivity contribution in [3.63, 3.8) is 0 Å². The molecule has 0 amide bonds. The van der Waals surface area contributed by atoms with Crippen molar-refractivity contribution >= 4 is 15.7 Å². The van der Waals surface area contributed by atoms with Gasteiger partial charge in [-0.15, -0.1) is 0 Å². The molecule has 2 aromatic rings. The van der Waals surface area contributed by atoms with Crippen LogP contribution < -0.4 is 4.31 Å². The first-order valence-electron chi connectivity index (χ1n) is 8.17. The molecule has 3 rings (SSSR count). The van der Waals surface area contributed by atoms with Crippen molar-refractivity contribution in [3.05, 3.63) is 41.6 Å². The number of hydrogen-bond donors (Lipinski definition) is 1. The van der Waals surface area contributed by atoms with E-state index in [1.807, 2.05) is 25.1 Å². The van der Waals surface area contributed by atoms with Crippen LogP contribution in [0, 0.1) is 0 Å². The van der Waals surface area contributed by atoms with Crippen molar-refractivity contribution in [3.8, 4) is 0 Å². The van der Waals surface area contributed by atoms with Crippen LogP contribution in [0.25, 0.3) is 0 Å². The molecule has 25 heavy (non-hydrogen) atoms. The molecule has 1 aliphatic heterocycles. The Bertz CT molecular complexity index is 891. The largest absolute Gasteiger partial charge is 0.380 e. The van der Waals surface area contributed by atoms with Gasteiger partial charge in [0.2, 0.25) is 5.03 Å². The number of rotatable bonds is 4. The minimum absolute atomic E-state index is 0.0824. The molecule has 0 fully saturated rings. The zero-order chi connectivity index (χ0) is 18.4. The molecular weight excluding hydrogens is 340 g/mol. The maximum atomic E-state index is 13.0. The first-order chi connectivity index (χ1) is 11.7. The molecular formula is C17H24N4O3S. The van der Waals surface area contributed by atoms with Gasteiger partial charge in [-0.1, -0.05) is 18.2 Å². The Hall–Kier alpha value is -1.90. The van der Waals surface area contributed by atoms with E-state index in [4.69, 9.17) is 0 Å². The summed E-state index contributed by atoms with van der Waals surface area (Å²) in [5.41, 5.74) is 0.00115. The first-order valence-corrected chi connectivity index (χ1v) is 9.61. The maximum Gasteiger partial charge on any atom is 0.283 e. The minimum Gasteiger partial charge on any atom is -0.380 e. The van der Waals surface area contributed by atoms with E-state index in [-0.39, 0.29) is 5.03 Å². The lowest BCUT2D eigenvalue weighted by Crippen LogP contribution is -2.29. The molecule has 7 nitrogen and oxygen atoms in total. The lowest BCUT2D eigenvalue weighted by atomic mass is 9.83. The van der Waals surface area contributed by atoms with Gasteiger partial charge in [-0.3, -0.25) is 8.99 Å². The number of hydrogen-bond acceptors (Lipinski definition) is 5. The predicted molar refractivity (Wildman–Crippen MR) is 96.0 cm³/mol. The summed E-state index contributed by atoms with van der Waals surface area (Å²) in [5, 5.41) is 15.7. The van der Waals surface area contributed by atoms with Crippen LogP contribution in [-0.4, -0.2) is 55.9 Å². The smallest absolute Gasteiger partial charge is 0.283 e. The van der Waals surface area contributed by atoms with E-state index < -0.39 is 15.6 Å². The lowest BCUT2D eigenvalue weighted by Gasteiger charge is -2.29. The SMILES string of the molecule is CN(C)CCCC1(O)c2ccccc2N(C)S(=O)(=O)c2nn(C)cc21. The highest BCUT2D eigenvalue weighted by atomic mass is 32.2. The second-order valence-electron chi connectivity index (χ2n) is 6.78. The molecule has 0 saturated heterocycles. The number of benzene rings is 1. The summed E-state index contributed by atoms with van der Waals surface area (Å²) in [6, 6.07) is 7.10. The molecule has 1 unspecified atom stereocenters. The van der Waals surface area contributed by atoms with Crippen LogP contribution in [0.15, 0.2) is 35.5 Å². The van der Waals surface area contributed by atoms with Gasteiger partial charge in [0.25, 0.3) is 10.0 Å². The molecule has 0 aliphatic carbocycles. The van der Waals surface area contributed by atoms with Crippen molar-refractivity contribution in [2.24, 2.45) is 7.05 Å². The van der Waals surface area contributed by atoms with E-state index in [1.54, 1.807) is 31.4 Å². The van der Waals surface area contributed by atoms with E-state index in [1.165, 1.54) is 16.0 Å². The van der Waals surface area contributed by atoms with Crippen LogP contribution in [0.4, 0.5) is 5.69 Å². The normalized spacial score (nSPS) is 21.8. The highest BCUT2D eigenvalue weighted by Gasteiger charge is 2.45. The fourth-order valence-electron chi connectivity index (χ4n) is 3.36. The second-order valence-corrected chi connectivity index (χ2v) is 8.66.